The minimum Gasteiger partial charge on any atom is -0.334 e. The number of nitrogens with one attached hydrogen (secondary N) is 2. The van der Waals surface area contributed by atoms with E-state index in [1.54, 1.807) is 4.90 Å². The molecule has 100 valence electrons. The monoisotopic (exact) mass is 260 g/mol. The Morgan fingerprint density at radius 3 is 2.95 bits per heavy atom. The summed E-state index contributed by atoms with van der Waals surface area (Å²) in [5, 5.41) is 0. The Bertz CT molecular complexity index is 531. The van der Waals surface area contributed by atoms with Crippen LogP contribution < -0.4 is 10.9 Å². The summed E-state index contributed by atoms with van der Waals surface area (Å²) in [6.45, 7) is 3.74. The summed E-state index contributed by atoms with van der Waals surface area (Å²) in [6.07, 6.45) is -0.564. The molecule has 3 rings (SSSR count). The van der Waals surface area contributed by atoms with Gasteiger partial charge in [-0.05, 0) is 12.5 Å². The second kappa shape index (κ2) is 4.55. The predicted molar refractivity (Wildman–Crippen MR) is 68.8 cm³/mol. The van der Waals surface area contributed by atoms with Crippen molar-refractivity contribution >= 4 is 11.9 Å². The van der Waals surface area contributed by atoms with Gasteiger partial charge >= 0.3 is 6.03 Å². The molecule has 2 fully saturated rings. The second-order valence-corrected chi connectivity index (χ2v) is 4.92. The average Bonchev–Trinajstić information content (AvgIpc) is 2.76. The van der Waals surface area contributed by atoms with Crippen LogP contribution in [0.1, 0.15) is 11.1 Å². The maximum absolute atomic E-state index is 12.3. The van der Waals surface area contributed by atoms with E-state index in [2.05, 4.69) is 16.9 Å². The third kappa shape index (κ3) is 2.15. The molecule has 2 N–H and O–H groups in total. The molecule has 1 aromatic carbocycles. The quantitative estimate of drug-likeness (QED) is 0.798. The van der Waals surface area contributed by atoms with Crippen molar-refractivity contribution in [1.82, 2.24) is 20.7 Å². The van der Waals surface area contributed by atoms with Crippen LogP contribution >= 0.6 is 0 Å². The molecular formula is C13H16N4O2. The molecule has 6 heteroatoms. The minimum atomic E-state index is -0.564. The van der Waals surface area contributed by atoms with E-state index in [1.807, 2.05) is 25.1 Å². The molecule has 0 aliphatic carbocycles. The number of nitrogens with zero attached hydrogens (tertiary/aromatic N) is 2. The van der Waals surface area contributed by atoms with E-state index in [-0.39, 0.29) is 11.9 Å². The van der Waals surface area contributed by atoms with Gasteiger partial charge < -0.3 is 4.90 Å². The summed E-state index contributed by atoms with van der Waals surface area (Å²) in [7, 11) is 0. The lowest BCUT2D eigenvalue weighted by Gasteiger charge is -2.35. The Morgan fingerprint density at radius 1 is 1.32 bits per heavy atom. The smallest absolute Gasteiger partial charge is 0.333 e. The van der Waals surface area contributed by atoms with E-state index in [0.717, 1.165) is 5.56 Å². The van der Waals surface area contributed by atoms with Crippen molar-refractivity contribution in [3.8, 4) is 0 Å². The number of carbonyl (C=O) groups excluding carboxylic acids is 2. The van der Waals surface area contributed by atoms with Crippen LogP contribution in [0.25, 0.3) is 0 Å². The van der Waals surface area contributed by atoms with Gasteiger partial charge in [-0.2, -0.15) is 0 Å². The van der Waals surface area contributed by atoms with Gasteiger partial charge in [0, 0.05) is 19.6 Å². The minimum absolute atomic E-state index is 0.0638. The molecule has 1 aromatic rings. The summed E-state index contributed by atoms with van der Waals surface area (Å²) >= 11 is 0. The summed E-state index contributed by atoms with van der Waals surface area (Å²) in [6, 6.07) is 7.88. The van der Waals surface area contributed by atoms with Gasteiger partial charge in [-0.1, -0.05) is 29.8 Å². The first kappa shape index (κ1) is 12.0. The van der Waals surface area contributed by atoms with Crippen molar-refractivity contribution in [3.63, 3.8) is 0 Å². The fourth-order valence-corrected chi connectivity index (χ4v) is 2.52. The molecule has 0 bridgehead atoms. The second-order valence-electron chi connectivity index (χ2n) is 4.92. The van der Waals surface area contributed by atoms with Crippen molar-refractivity contribution in [2.45, 2.75) is 19.6 Å². The Balaban J connectivity index is 1.73. The predicted octanol–water partition coefficient (Wildman–Crippen LogP) is 0.193. The fraction of sp³-hybridized carbons (Fsp3) is 0.385. The molecule has 0 spiro atoms. The van der Waals surface area contributed by atoms with Crippen LogP contribution in [-0.4, -0.2) is 41.0 Å². The molecular weight excluding hydrogens is 244 g/mol. The number of fused-ring (bicyclic) bond motifs is 1. The van der Waals surface area contributed by atoms with Crippen LogP contribution in [-0.2, 0) is 11.3 Å². The van der Waals surface area contributed by atoms with Crippen molar-refractivity contribution in [3.05, 3.63) is 35.4 Å². The molecule has 3 amide bonds. The van der Waals surface area contributed by atoms with Gasteiger partial charge in [-0.15, -0.1) is 0 Å². The van der Waals surface area contributed by atoms with E-state index >= 15 is 0 Å². The highest BCUT2D eigenvalue weighted by Gasteiger charge is 2.41. The summed E-state index contributed by atoms with van der Waals surface area (Å²) in [5.74, 6) is -0.0638. The largest absolute Gasteiger partial charge is 0.334 e. The van der Waals surface area contributed by atoms with E-state index in [0.29, 0.717) is 19.6 Å². The van der Waals surface area contributed by atoms with Crippen LogP contribution in [0.4, 0.5) is 4.79 Å². The molecule has 2 aliphatic heterocycles. The lowest BCUT2D eigenvalue weighted by molar-refractivity contribution is -0.140. The van der Waals surface area contributed by atoms with Crippen molar-refractivity contribution in [2.75, 3.05) is 13.1 Å². The maximum Gasteiger partial charge on any atom is 0.333 e. The van der Waals surface area contributed by atoms with E-state index in [9.17, 15) is 9.59 Å². The van der Waals surface area contributed by atoms with Crippen LogP contribution in [0, 0.1) is 6.92 Å². The van der Waals surface area contributed by atoms with Gasteiger partial charge in [-0.3, -0.25) is 15.1 Å². The number of benzene rings is 1. The number of carbonyl (C=O) groups is 2. The van der Waals surface area contributed by atoms with Crippen LogP contribution in [0.15, 0.2) is 24.3 Å². The van der Waals surface area contributed by atoms with Crippen LogP contribution in [0.2, 0.25) is 0 Å². The lowest BCUT2D eigenvalue weighted by atomic mass is 10.1. The number of amides is 3. The average molecular weight is 260 g/mol. The molecule has 0 aromatic heterocycles. The molecule has 0 radical (unpaired) electrons. The first-order valence-corrected chi connectivity index (χ1v) is 6.31. The van der Waals surface area contributed by atoms with Gasteiger partial charge in [0.2, 0.25) is 0 Å². The third-order valence-corrected chi connectivity index (χ3v) is 3.50. The lowest BCUT2D eigenvalue weighted by Crippen LogP contribution is -2.58. The van der Waals surface area contributed by atoms with Crippen LogP contribution in [0.5, 0.6) is 0 Å². The van der Waals surface area contributed by atoms with Gasteiger partial charge in [-0.25, -0.2) is 10.2 Å². The molecule has 2 heterocycles. The number of rotatable bonds is 2. The molecule has 19 heavy (non-hydrogen) atoms. The van der Waals surface area contributed by atoms with Gasteiger partial charge in [0.15, 0.2) is 6.17 Å². The Hall–Kier alpha value is -2.08. The van der Waals surface area contributed by atoms with Gasteiger partial charge in [0.05, 0.1) is 0 Å². The molecule has 1 atom stereocenters. The van der Waals surface area contributed by atoms with Gasteiger partial charge in [0.1, 0.15) is 0 Å². The highest BCUT2D eigenvalue weighted by atomic mass is 16.2. The van der Waals surface area contributed by atoms with Gasteiger partial charge in [0.25, 0.3) is 5.91 Å². The topological polar surface area (TPSA) is 64.7 Å². The number of hydrazine groups is 1. The zero-order valence-corrected chi connectivity index (χ0v) is 10.7. The number of urea groups is 1. The van der Waals surface area contributed by atoms with E-state index in [1.165, 1.54) is 10.5 Å². The summed E-state index contributed by atoms with van der Waals surface area (Å²) in [4.78, 5) is 27.0. The molecule has 6 nitrogen and oxygen atoms in total. The molecule has 1 unspecified atom stereocenters. The van der Waals surface area contributed by atoms with Crippen molar-refractivity contribution in [1.29, 1.82) is 0 Å². The Labute approximate surface area is 111 Å². The zero-order chi connectivity index (χ0) is 13.4. The van der Waals surface area contributed by atoms with E-state index in [4.69, 9.17) is 0 Å². The standard InChI is InChI=1S/C13H16N4O2/c1-9-3-2-4-10(7-9)8-16-5-6-17-11(12(16)18)14-15-13(17)19/h2-4,7,11,14H,5-6,8H2,1H3,(H,15,19). The first-order chi connectivity index (χ1) is 9.15. The maximum atomic E-state index is 12.3. The molecule has 0 saturated carbocycles. The normalized spacial score (nSPS) is 22.5. The molecule has 2 saturated heterocycles. The zero-order valence-electron chi connectivity index (χ0n) is 10.7. The first-order valence-electron chi connectivity index (χ1n) is 6.31. The Kier molecular flexibility index (Phi) is 2.87. The number of hydrogen-bond donors (Lipinski definition) is 2. The van der Waals surface area contributed by atoms with E-state index < -0.39 is 6.17 Å². The van der Waals surface area contributed by atoms with Crippen molar-refractivity contribution < 1.29 is 9.59 Å². The third-order valence-electron chi connectivity index (χ3n) is 3.50. The van der Waals surface area contributed by atoms with Crippen LogP contribution in [0.3, 0.4) is 0 Å². The SMILES string of the molecule is Cc1cccc(CN2CCN3C(=O)NNC3C2=O)c1. The number of hydrogen-bond acceptors (Lipinski definition) is 3. The number of aryl methyl sites for hydroxylation is 1. The highest BCUT2D eigenvalue weighted by molar-refractivity contribution is 5.90. The fourth-order valence-electron chi connectivity index (χ4n) is 2.52. The number of piperazine rings is 1. The summed E-state index contributed by atoms with van der Waals surface area (Å²) < 4.78 is 0. The highest BCUT2D eigenvalue weighted by Crippen LogP contribution is 2.16. The molecule has 2 aliphatic rings. The summed E-state index contributed by atoms with van der Waals surface area (Å²) in [5.41, 5.74) is 7.49. The Morgan fingerprint density at radius 2 is 2.16 bits per heavy atom. The van der Waals surface area contributed by atoms with Crippen molar-refractivity contribution in [2.24, 2.45) is 0 Å².